The Balaban J connectivity index is 2.65. The predicted octanol–water partition coefficient (Wildman–Crippen LogP) is 16.5. The highest BCUT2D eigenvalue weighted by Gasteiger charge is 2.47. The van der Waals surface area contributed by atoms with Crippen molar-refractivity contribution in [2.45, 2.75) is 333 Å². The molecular formula is C70H123NO10. The first-order valence-electron chi connectivity index (χ1n) is 33.4. The molecule has 1 rings (SSSR count). The Bertz CT molecular complexity index is 1640. The predicted molar refractivity (Wildman–Crippen MR) is 338 cm³/mol. The van der Waals surface area contributed by atoms with Gasteiger partial charge < -0.3 is 45.1 Å². The fourth-order valence-corrected chi connectivity index (χ4v) is 9.96. The van der Waals surface area contributed by atoms with E-state index < -0.39 is 67.4 Å². The van der Waals surface area contributed by atoms with Crippen LogP contribution in [0.2, 0.25) is 0 Å². The number of unbranched alkanes of at least 4 members (excludes halogenated alkanes) is 30. The molecule has 0 bridgehead atoms. The second-order valence-corrected chi connectivity index (χ2v) is 22.8. The molecule has 0 spiro atoms. The Morgan fingerprint density at radius 2 is 0.852 bits per heavy atom. The minimum Gasteiger partial charge on any atom is -0.454 e. The van der Waals surface area contributed by atoms with Crippen LogP contribution in [0.3, 0.4) is 0 Å². The van der Waals surface area contributed by atoms with Gasteiger partial charge in [-0.05, 0) is 103 Å². The number of aliphatic hydroxyl groups excluding tert-OH is 5. The van der Waals surface area contributed by atoms with Crippen LogP contribution < -0.4 is 5.32 Å². The van der Waals surface area contributed by atoms with Gasteiger partial charge in [0.25, 0.3) is 0 Å². The lowest BCUT2D eigenvalue weighted by Crippen LogP contribution is -2.61. The summed E-state index contributed by atoms with van der Waals surface area (Å²) in [5.41, 5.74) is 0. The van der Waals surface area contributed by atoms with Gasteiger partial charge in [-0.3, -0.25) is 9.59 Å². The zero-order valence-corrected chi connectivity index (χ0v) is 51.9. The number of rotatable bonds is 56. The van der Waals surface area contributed by atoms with Crippen molar-refractivity contribution in [2.24, 2.45) is 0 Å². The van der Waals surface area contributed by atoms with Crippen molar-refractivity contribution in [2.75, 3.05) is 13.2 Å². The van der Waals surface area contributed by atoms with Crippen molar-refractivity contribution in [1.82, 2.24) is 5.32 Å². The molecular weight excluding hydrogens is 1010 g/mol. The third-order valence-corrected chi connectivity index (χ3v) is 15.3. The normalized spacial score (nSPS) is 19.2. The van der Waals surface area contributed by atoms with Crippen LogP contribution in [-0.2, 0) is 23.8 Å². The average molecular weight is 1140 g/mol. The van der Waals surface area contributed by atoms with Crippen molar-refractivity contribution in [3.63, 3.8) is 0 Å². The molecule has 1 heterocycles. The molecule has 0 aromatic carbocycles. The van der Waals surface area contributed by atoms with Crippen LogP contribution in [0.5, 0.6) is 0 Å². The number of aliphatic hydroxyl groups is 5. The van der Waals surface area contributed by atoms with Crippen LogP contribution in [0.1, 0.15) is 284 Å². The standard InChI is InChI=1S/C70H123NO10/c1-4-7-10-13-16-19-22-25-27-29-30-31-32-33-34-35-37-40-43-46-49-52-55-58-65(75)81-68-67(77)66(76)64(59-72)80-70(68)79-60-61(62(73)56-53-50-47-44-41-38-24-21-18-15-12-9-6-3)71-69(78)63(74)57-54-51-48-45-42-39-36-28-26-23-20-17-14-11-8-5-2/h16-17,19-20,25-28,30-31,39,42,53,56,61-64,66-68,70,72-74,76-77H,4-15,18,21-24,29,32-38,40-41,43-52,54-55,57-60H2,1-3H3,(H,71,78)/b19-16-,20-17-,27-25-,28-26-,31-30-,42-39-,56-53+. The highest BCUT2D eigenvalue weighted by atomic mass is 16.7. The van der Waals surface area contributed by atoms with E-state index in [0.29, 0.717) is 12.8 Å². The molecule has 1 amide bonds. The topological polar surface area (TPSA) is 175 Å². The number of carbonyl (C=O) groups excluding carboxylic acids is 2. The maximum atomic E-state index is 13.4. The van der Waals surface area contributed by atoms with Crippen molar-refractivity contribution < 1.29 is 49.3 Å². The third-order valence-electron chi connectivity index (χ3n) is 15.3. The molecule has 6 N–H and O–H groups in total. The van der Waals surface area contributed by atoms with Crippen molar-refractivity contribution >= 4 is 11.9 Å². The quantitative estimate of drug-likeness (QED) is 0.0195. The zero-order chi connectivity index (χ0) is 58.9. The molecule has 1 aliphatic rings. The number of hydrogen-bond acceptors (Lipinski definition) is 10. The second-order valence-electron chi connectivity index (χ2n) is 22.8. The Kier molecular flexibility index (Phi) is 53.6. The maximum Gasteiger partial charge on any atom is 0.306 e. The van der Waals surface area contributed by atoms with E-state index in [-0.39, 0.29) is 19.4 Å². The summed E-state index contributed by atoms with van der Waals surface area (Å²) >= 11 is 0. The number of hydrogen-bond donors (Lipinski definition) is 6. The number of esters is 1. The Morgan fingerprint density at radius 1 is 0.481 bits per heavy atom. The molecule has 0 aromatic heterocycles. The molecule has 1 fully saturated rings. The van der Waals surface area contributed by atoms with Gasteiger partial charge in [-0.15, -0.1) is 0 Å². The van der Waals surface area contributed by atoms with Gasteiger partial charge in [0.15, 0.2) is 12.4 Å². The van der Waals surface area contributed by atoms with Crippen LogP contribution in [-0.4, -0.2) is 99.6 Å². The number of amides is 1. The maximum absolute atomic E-state index is 13.4. The Labute approximate surface area is 495 Å². The summed E-state index contributed by atoms with van der Waals surface area (Å²) in [6.07, 6.45) is 64.7. The average Bonchev–Trinajstić information content (AvgIpc) is 3.53. The zero-order valence-electron chi connectivity index (χ0n) is 51.9. The summed E-state index contributed by atoms with van der Waals surface area (Å²) in [5.74, 6) is -1.22. The number of carbonyl (C=O) groups is 2. The van der Waals surface area contributed by atoms with Gasteiger partial charge in [0.1, 0.15) is 24.4 Å². The van der Waals surface area contributed by atoms with Gasteiger partial charge in [-0.25, -0.2) is 0 Å². The van der Waals surface area contributed by atoms with Gasteiger partial charge >= 0.3 is 5.97 Å². The van der Waals surface area contributed by atoms with Gasteiger partial charge in [-0.2, -0.15) is 0 Å². The monoisotopic (exact) mass is 1140 g/mol. The summed E-state index contributed by atoms with van der Waals surface area (Å²) in [7, 11) is 0. The van der Waals surface area contributed by atoms with Crippen molar-refractivity contribution in [3.8, 4) is 0 Å². The minimum absolute atomic E-state index is 0.113. The van der Waals surface area contributed by atoms with Gasteiger partial charge in [0.05, 0.1) is 25.4 Å². The Morgan fingerprint density at radius 3 is 1.30 bits per heavy atom. The molecule has 1 saturated heterocycles. The number of nitrogens with one attached hydrogen (secondary N) is 1. The first kappa shape index (κ1) is 75.9. The first-order chi connectivity index (χ1) is 39.7. The molecule has 8 atom stereocenters. The van der Waals surface area contributed by atoms with Gasteiger partial charge in [0.2, 0.25) is 5.91 Å². The molecule has 11 nitrogen and oxygen atoms in total. The van der Waals surface area contributed by atoms with E-state index in [9.17, 15) is 35.1 Å². The smallest absolute Gasteiger partial charge is 0.306 e. The largest absolute Gasteiger partial charge is 0.454 e. The number of ether oxygens (including phenoxy) is 3. The second kappa shape index (κ2) is 57.3. The van der Waals surface area contributed by atoms with Crippen molar-refractivity contribution in [1.29, 1.82) is 0 Å². The molecule has 0 saturated carbocycles. The van der Waals surface area contributed by atoms with E-state index in [0.717, 1.165) is 103 Å². The van der Waals surface area contributed by atoms with E-state index in [4.69, 9.17) is 14.2 Å². The SMILES string of the molecule is CCCCC/C=C\C/C=C\C/C=C\CCCCCCCCCCCCC(=O)OC1C(OCC(NC(=O)C(O)CCCCC/C=C\C/C=C\C/C=C\CCCCC)C(O)/C=C/CCCCCCCCCCCCC)OC(CO)C(O)C1O. The molecule has 11 heteroatoms. The Hall–Kier alpha value is -3.16. The van der Waals surface area contributed by atoms with Gasteiger partial charge in [-0.1, -0.05) is 260 Å². The van der Waals surface area contributed by atoms with E-state index >= 15 is 0 Å². The highest BCUT2D eigenvalue weighted by molar-refractivity contribution is 5.80. The van der Waals surface area contributed by atoms with Crippen LogP contribution in [0, 0.1) is 0 Å². The van der Waals surface area contributed by atoms with E-state index in [1.807, 2.05) is 6.08 Å². The van der Waals surface area contributed by atoms with Gasteiger partial charge in [0, 0.05) is 6.42 Å². The number of allylic oxidation sites excluding steroid dienone is 13. The highest BCUT2D eigenvalue weighted by Crippen LogP contribution is 2.26. The molecule has 0 aliphatic carbocycles. The van der Waals surface area contributed by atoms with E-state index in [1.54, 1.807) is 6.08 Å². The summed E-state index contributed by atoms with van der Waals surface area (Å²) < 4.78 is 17.7. The summed E-state index contributed by atoms with van der Waals surface area (Å²) in [5, 5.41) is 57.1. The lowest BCUT2D eigenvalue weighted by molar-refractivity contribution is -0.305. The fraction of sp³-hybridized carbons (Fsp3) is 0.771. The summed E-state index contributed by atoms with van der Waals surface area (Å²) in [6.45, 7) is 5.73. The lowest BCUT2D eigenvalue weighted by atomic mass is 9.99. The third kappa shape index (κ3) is 45.0. The molecule has 468 valence electrons. The van der Waals surface area contributed by atoms with E-state index in [1.165, 1.54) is 135 Å². The molecule has 0 aromatic rings. The molecule has 8 unspecified atom stereocenters. The van der Waals surface area contributed by atoms with Crippen LogP contribution in [0.4, 0.5) is 0 Å². The van der Waals surface area contributed by atoms with Crippen LogP contribution in [0.15, 0.2) is 85.1 Å². The molecule has 1 aliphatic heterocycles. The van der Waals surface area contributed by atoms with Crippen LogP contribution in [0.25, 0.3) is 0 Å². The first-order valence-corrected chi connectivity index (χ1v) is 33.4. The fourth-order valence-electron chi connectivity index (χ4n) is 9.96. The van der Waals surface area contributed by atoms with E-state index in [2.05, 4.69) is 99.0 Å². The lowest BCUT2D eigenvalue weighted by Gasteiger charge is -2.41. The summed E-state index contributed by atoms with van der Waals surface area (Å²) in [4.78, 5) is 26.6. The summed E-state index contributed by atoms with van der Waals surface area (Å²) in [6, 6.07) is -1.04. The van der Waals surface area contributed by atoms with Crippen molar-refractivity contribution in [3.05, 3.63) is 85.1 Å². The van der Waals surface area contributed by atoms with Crippen LogP contribution >= 0.6 is 0 Å². The minimum atomic E-state index is -1.62. The molecule has 81 heavy (non-hydrogen) atoms. The molecule has 0 radical (unpaired) electrons.